The molecule has 2 heteroatoms. The standard InChI is InChI=1S/C26H20ClN/c1-19-17-26(23-14-8-13-22(18-23)20-9-4-2-5-10-20)28-25(16-15-24(19)27)21-11-6-3-7-12-21/h2-15,17-18H,1,16H2/b24-15+,26-17-,28-25?. The molecule has 0 N–H and O–H groups in total. The number of hydrogen-bond donors (Lipinski definition) is 0. The molecule has 0 bridgehead atoms. The van der Waals surface area contributed by atoms with Crippen LogP contribution in [0.3, 0.4) is 0 Å². The van der Waals surface area contributed by atoms with Crippen molar-refractivity contribution in [2.24, 2.45) is 4.99 Å². The molecule has 0 saturated carbocycles. The molecular formula is C26H20ClN. The van der Waals surface area contributed by atoms with Crippen LogP contribution >= 0.6 is 11.6 Å². The third kappa shape index (κ3) is 4.05. The van der Waals surface area contributed by atoms with Crippen molar-refractivity contribution in [3.8, 4) is 11.1 Å². The Morgan fingerprint density at radius 3 is 2.04 bits per heavy atom. The maximum atomic E-state index is 6.44. The summed E-state index contributed by atoms with van der Waals surface area (Å²) in [5.74, 6) is 0. The van der Waals surface area contributed by atoms with Gasteiger partial charge in [-0.3, -0.25) is 4.99 Å². The lowest BCUT2D eigenvalue weighted by Gasteiger charge is -2.13. The van der Waals surface area contributed by atoms with Crippen molar-refractivity contribution in [1.82, 2.24) is 0 Å². The van der Waals surface area contributed by atoms with E-state index < -0.39 is 0 Å². The van der Waals surface area contributed by atoms with Crippen LogP contribution in [-0.2, 0) is 0 Å². The van der Waals surface area contributed by atoms with Crippen LogP contribution in [0, 0.1) is 0 Å². The highest BCUT2D eigenvalue weighted by atomic mass is 35.5. The number of allylic oxidation sites excluding steroid dienone is 4. The second-order valence-electron chi connectivity index (χ2n) is 6.68. The van der Waals surface area contributed by atoms with E-state index in [0.717, 1.165) is 33.7 Å². The first-order valence-electron chi connectivity index (χ1n) is 9.26. The molecule has 0 radical (unpaired) electrons. The van der Waals surface area contributed by atoms with Crippen LogP contribution < -0.4 is 0 Å². The summed E-state index contributed by atoms with van der Waals surface area (Å²) in [6.45, 7) is 4.11. The van der Waals surface area contributed by atoms with Crippen molar-refractivity contribution in [1.29, 1.82) is 0 Å². The Morgan fingerprint density at radius 1 is 0.714 bits per heavy atom. The van der Waals surface area contributed by atoms with Gasteiger partial charge in [0.1, 0.15) is 0 Å². The molecular weight excluding hydrogens is 362 g/mol. The van der Waals surface area contributed by atoms with E-state index in [1.165, 1.54) is 5.56 Å². The van der Waals surface area contributed by atoms with Gasteiger partial charge in [-0.2, -0.15) is 0 Å². The largest absolute Gasteiger partial charge is 0.252 e. The summed E-state index contributed by atoms with van der Waals surface area (Å²) >= 11 is 6.44. The molecule has 1 heterocycles. The average molecular weight is 382 g/mol. The van der Waals surface area contributed by atoms with Crippen molar-refractivity contribution < 1.29 is 0 Å². The quantitative estimate of drug-likeness (QED) is 0.452. The molecule has 4 rings (SSSR count). The fourth-order valence-electron chi connectivity index (χ4n) is 3.22. The first kappa shape index (κ1) is 18.2. The SMILES string of the molecule is C=C1/C=C(/c2cccc(-c3ccccc3)c2)N=C(c2ccccc2)C/C=C\1Cl. The maximum absolute atomic E-state index is 6.44. The van der Waals surface area contributed by atoms with Crippen LogP contribution in [0.5, 0.6) is 0 Å². The van der Waals surface area contributed by atoms with Gasteiger partial charge in [-0.1, -0.05) is 103 Å². The van der Waals surface area contributed by atoms with E-state index >= 15 is 0 Å². The molecule has 0 atom stereocenters. The molecule has 0 fully saturated rings. The second kappa shape index (κ2) is 8.24. The molecule has 0 unspecified atom stereocenters. The van der Waals surface area contributed by atoms with Crippen molar-refractivity contribution in [3.05, 3.63) is 125 Å². The molecule has 1 nitrogen and oxygen atoms in total. The van der Waals surface area contributed by atoms with Crippen LogP contribution in [0.15, 0.2) is 119 Å². The lowest BCUT2D eigenvalue weighted by molar-refractivity contribution is 1.35. The van der Waals surface area contributed by atoms with E-state index in [1.54, 1.807) is 0 Å². The Morgan fingerprint density at radius 2 is 1.32 bits per heavy atom. The van der Waals surface area contributed by atoms with Crippen LogP contribution in [-0.4, -0.2) is 5.71 Å². The predicted molar refractivity (Wildman–Crippen MR) is 121 cm³/mol. The first-order valence-corrected chi connectivity index (χ1v) is 9.64. The van der Waals surface area contributed by atoms with Gasteiger partial charge in [-0.25, -0.2) is 0 Å². The number of benzene rings is 3. The zero-order valence-electron chi connectivity index (χ0n) is 15.5. The summed E-state index contributed by atoms with van der Waals surface area (Å²) in [5, 5.41) is 0.667. The number of rotatable bonds is 3. The monoisotopic (exact) mass is 381 g/mol. The van der Waals surface area contributed by atoms with E-state index in [4.69, 9.17) is 16.6 Å². The maximum Gasteiger partial charge on any atom is 0.0712 e. The van der Waals surface area contributed by atoms with Gasteiger partial charge in [0.25, 0.3) is 0 Å². The highest BCUT2D eigenvalue weighted by Gasteiger charge is 2.12. The summed E-state index contributed by atoms with van der Waals surface area (Å²) in [5.41, 5.74) is 7.11. The Balaban J connectivity index is 1.82. The fourth-order valence-corrected chi connectivity index (χ4v) is 3.36. The first-order chi connectivity index (χ1) is 13.7. The summed E-state index contributed by atoms with van der Waals surface area (Å²) in [6, 6.07) is 29.0. The number of halogens is 1. The Hall–Kier alpha value is -3.16. The smallest absolute Gasteiger partial charge is 0.0712 e. The van der Waals surface area contributed by atoms with Gasteiger partial charge in [-0.05, 0) is 34.4 Å². The van der Waals surface area contributed by atoms with E-state index in [1.807, 2.05) is 36.4 Å². The Labute approximate surface area is 171 Å². The van der Waals surface area contributed by atoms with Gasteiger partial charge < -0.3 is 0 Å². The Bertz CT molecular complexity index is 1090. The summed E-state index contributed by atoms with van der Waals surface area (Å²) in [6.07, 6.45) is 4.60. The van der Waals surface area contributed by atoms with Crippen LogP contribution in [0.4, 0.5) is 0 Å². The Kier molecular flexibility index (Phi) is 5.36. The van der Waals surface area contributed by atoms with E-state index in [0.29, 0.717) is 11.5 Å². The minimum absolute atomic E-state index is 0.664. The molecule has 28 heavy (non-hydrogen) atoms. The molecule has 3 aromatic carbocycles. The van der Waals surface area contributed by atoms with Crippen molar-refractivity contribution >= 4 is 23.0 Å². The molecule has 0 aromatic heterocycles. The van der Waals surface area contributed by atoms with Gasteiger partial charge in [0, 0.05) is 17.0 Å². The zero-order valence-corrected chi connectivity index (χ0v) is 16.2. The fraction of sp³-hybridized carbons (Fsp3) is 0.0385. The lowest BCUT2D eigenvalue weighted by atomic mass is 9.99. The lowest BCUT2D eigenvalue weighted by Crippen LogP contribution is -2.02. The minimum atomic E-state index is 0.664. The molecule has 0 amide bonds. The normalized spacial score (nSPS) is 18.2. The third-order valence-electron chi connectivity index (χ3n) is 4.72. The molecule has 0 aliphatic carbocycles. The highest BCUT2D eigenvalue weighted by Crippen LogP contribution is 2.29. The molecule has 1 aliphatic rings. The topological polar surface area (TPSA) is 12.4 Å². The molecule has 3 aromatic rings. The summed E-state index contributed by atoms with van der Waals surface area (Å²) < 4.78 is 0. The van der Waals surface area contributed by atoms with Crippen LogP contribution in [0.1, 0.15) is 17.5 Å². The molecule has 136 valence electrons. The van der Waals surface area contributed by atoms with Gasteiger partial charge in [-0.15, -0.1) is 0 Å². The van der Waals surface area contributed by atoms with Crippen molar-refractivity contribution in [3.63, 3.8) is 0 Å². The van der Waals surface area contributed by atoms with E-state index in [9.17, 15) is 0 Å². The van der Waals surface area contributed by atoms with Gasteiger partial charge in [0.05, 0.1) is 11.4 Å². The van der Waals surface area contributed by atoms with Gasteiger partial charge in [0.2, 0.25) is 0 Å². The minimum Gasteiger partial charge on any atom is -0.252 e. The number of hydrogen-bond acceptors (Lipinski definition) is 1. The molecule has 1 aliphatic heterocycles. The second-order valence-corrected chi connectivity index (χ2v) is 7.09. The highest BCUT2D eigenvalue weighted by molar-refractivity contribution is 6.32. The van der Waals surface area contributed by atoms with Gasteiger partial charge in [0.15, 0.2) is 0 Å². The van der Waals surface area contributed by atoms with E-state index in [-0.39, 0.29) is 0 Å². The van der Waals surface area contributed by atoms with E-state index in [2.05, 4.69) is 67.2 Å². The average Bonchev–Trinajstić information content (AvgIpc) is 2.75. The zero-order chi connectivity index (χ0) is 19.3. The van der Waals surface area contributed by atoms with Crippen molar-refractivity contribution in [2.75, 3.05) is 0 Å². The summed E-state index contributed by atoms with van der Waals surface area (Å²) in [4.78, 5) is 5.01. The molecule has 0 saturated heterocycles. The van der Waals surface area contributed by atoms with Crippen molar-refractivity contribution in [2.45, 2.75) is 6.42 Å². The van der Waals surface area contributed by atoms with Crippen LogP contribution in [0.25, 0.3) is 16.8 Å². The predicted octanol–water partition coefficient (Wildman–Crippen LogP) is 7.27. The molecule has 0 spiro atoms. The third-order valence-corrected chi connectivity index (χ3v) is 5.12. The number of aliphatic imine (C=N–C) groups is 1. The summed E-state index contributed by atoms with van der Waals surface area (Å²) in [7, 11) is 0. The van der Waals surface area contributed by atoms with Gasteiger partial charge >= 0.3 is 0 Å². The number of nitrogens with zero attached hydrogens (tertiary/aromatic N) is 1. The van der Waals surface area contributed by atoms with Crippen LogP contribution in [0.2, 0.25) is 0 Å².